The molecule has 8 heteroatoms. The highest BCUT2D eigenvalue weighted by Crippen LogP contribution is 2.28. The largest absolute Gasteiger partial charge is 0.451 e. The average molecular weight is 261 g/mol. The Morgan fingerprint density at radius 3 is 2.41 bits per heavy atom. The van der Waals surface area contributed by atoms with Crippen LogP contribution in [-0.2, 0) is 6.18 Å². The molecule has 0 fully saturated rings. The van der Waals surface area contributed by atoms with E-state index in [4.69, 9.17) is 11.6 Å². The van der Waals surface area contributed by atoms with Gasteiger partial charge in [0.1, 0.15) is 10.8 Å². The maximum absolute atomic E-state index is 12.4. The molecule has 0 aliphatic rings. The average Bonchev–Trinajstić information content (AvgIpc) is 2.28. The summed E-state index contributed by atoms with van der Waals surface area (Å²) in [4.78, 5) is 14.0. The predicted octanol–water partition coefficient (Wildman–Crippen LogP) is 2.61. The van der Waals surface area contributed by atoms with Crippen LogP contribution in [0.25, 0.3) is 11.4 Å². The van der Waals surface area contributed by atoms with E-state index in [2.05, 4.69) is 19.9 Å². The summed E-state index contributed by atoms with van der Waals surface area (Å²) in [6.07, 6.45) is -0.615. The second-order valence-electron chi connectivity index (χ2n) is 2.99. The fourth-order valence-electron chi connectivity index (χ4n) is 1.11. The van der Waals surface area contributed by atoms with Crippen molar-refractivity contribution in [3.63, 3.8) is 0 Å². The Morgan fingerprint density at radius 2 is 1.82 bits per heavy atom. The molecule has 0 N–H and O–H groups in total. The van der Waals surface area contributed by atoms with Crippen LogP contribution in [-0.4, -0.2) is 19.9 Å². The van der Waals surface area contributed by atoms with Gasteiger partial charge in [0.05, 0.1) is 11.9 Å². The zero-order valence-electron chi connectivity index (χ0n) is 8.11. The van der Waals surface area contributed by atoms with Crippen LogP contribution in [0.3, 0.4) is 0 Å². The van der Waals surface area contributed by atoms with Gasteiger partial charge in [-0.15, -0.1) is 0 Å². The summed E-state index contributed by atoms with van der Waals surface area (Å²) in [5, 5.41) is -0.298. The van der Waals surface area contributed by atoms with E-state index in [-0.39, 0.29) is 16.5 Å². The molecule has 2 rings (SSSR count). The summed E-state index contributed by atoms with van der Waals surface area (Å²) in [7, 11) is 0. The molecule has 0 amide bonds. The molecule has 2 heterocycles. The molecule has 0 spiro atoms. The molecule has 0 aliphatic carbocycles. The Labute approximate surface area is 98.5 Å². The molecular weight excluding hydrogens is 257 g/mol. The van der Waals surface area contributed by atoms with Crippen molar-refractivity contribution < 1.29 is 13.2 Å². The van der Waals surface area contributed by atoms with Crippen LogP contribution in [0, 0.1) is 0 Å². The molecule has 0 unspecified atom stereocenters. The van der Waals surface area contributed by atoms with Crippen molar-refractivity contribution in [3.05, 3.63) is 35.6 Å². The molecular formula is C9H4ClF3N4. The van der Waals surface area contributed by atoms with Crippen LogP contribution < -0.4 is 0 Å². The first-order chi connectivity index (χ1) is 7.97. The van der Waals surface area contributed by atoms with Gasteiger partial charge in [0, 0.05) is 18.5 Å². The van der Waals surface area contributed by atoms with Gasteiger partial charge in [-0.05, 0) is 0 Å². The summed E-state index contributed by atoms with van der Waals surface area (Å²) in [6, 6.07) is 1.20. The minimum atomic E-state index is -4.65. The minimum absolute atomic E-state index is 0.0228. The number of halogens is 4. The van der Waals surface area contributed by atoms with E-state index in [1.165, 1.54) is 24.7 Å². The fourth-order valence-corrected chi connectivity index (χ4v) is 1.29. The highest BCUT2D eigenvalue weighted by molar-refractivity contribution is 6.29. The molecule has 0 bridgehead atoms. The van der Waals surface area contributed by atoms with Gasteiger partial charge >= 0.3 is 6.18 Å². The highest BCUT2D eigenvalue weighted by Gasteiger charge is 2.35. The number of nitrogens with zero attached hydrogens (tertiary/aromatic N) is 4. The van der Waals surface area contributed by atoms with Crippen LogP contribution in [0.15, 0.2) is 24.7 Å². The second-order valence-corrected chi connectivity index (χ2v) is 3.38. The Morgan fingerprint density at radius 1 is 1.06 bits per heavy atom. The zero-order valence-corrected chi connectivity index (χ0v) is 8.87. The molecule has 17 heavy (non-hydrogen) atoms. The molecule has 0 saturated heterocycles. The van der Waals surface area contributed by atoms with Crippen molar-refractivity contribution in [2.24, 2.45) is 0 Å². The number of rotatable bonds is 1. The summed E-state index contributed by atoms with van der Waals surface area (Å²) in [5.41, 5.74) is 0.174. The van der Waals surface area contributed by atoms with Crippen LogP contribution in [0.5, 0.6) is 0 Å². The van der Waals surface area contributed by atoms with Crippen molar-refractivity contribution in [2.75, 3.05) is 0 Å². The lowest BCUT2D eigenvalue weighted by Crippen LogP contribution is -2.11. The van der Waals surface area contributed by atoms with Crippen molar-refractivity contribution in [1.29, 1.82) is 0 Å². The number of aromatic nitrogens is 4. The lowest BCUT2D eigenvalue weighted by atomic mass is 10.3. The van der Waals surface area contributed by atoms with E-state index in [1.54, 1.807) is 0 Å². The topological polar surface area (TPSA) is 51.6 Å². The van der Waals surface area contributed by atoms with Crippen LogP contribution in [0.4, 0.5) is 13.2 Å². The number of hydrogen-bond donors (Lipinski definition) is 0. The monoisotopic (exact) mass is 260 g/mol. The van der Waals surface area contributed by atoms with Gasteiger partial charge in [0.15, 0.2) is 0 Å². The van der Waals surface area contributed by atoms with Gasteiger partial charge in [-0.2, -0.15) is 13.2 Å². The highest BCUT2D eigenvalue weighted by atomic mass is 35.5. The second kappa shape index (κ2) is 4.25. The Balaban J connectivity index is 2.54. The molecule has 4 nitrogen and oxygen atoms in total. The Hall–Kier alpha value is -1.76. The first kappa shape index (κ1) is 11.7. The standard InChI is InChI=1S/C9H4ClF3N4/c10-7-3-5(6-4-14-1-2-15-6)16-8(17-7)9(11,12)13/h1-4H. The lowest BCUT2D eigenvalue weighted by molar-refractivity contribution is -0.144. The minimum Gasteiger partial charge on any atom is -0.261 e. The maximum atomic E-state index is 12.4. The molecule has 0 atom stereocenters. The summed E-state index contributed by atoms with van der Waals surface area (Å²) in [6.45, 7) is 0. The van der Waals surface area contributed by atoms with E-state index < -0.39 is 12.0 Å². The van der Waals surface area contributed by atoms with Gasteiger partial charge < -0.3 is 0 Å². The van der Waals surface area contributed by atoms with Crippen molar-refractivity contribution in [1.82, 2.24) is 19.9 Å². The van der Waals surface area contributed by atoms with Gasteiger partial charge in [0.2, 0.25) is 5.82 Å². The van der Waals surface area contributed by atoms with E-state index in [0.29, 0.717) is 0 Å². The zero-order chi connectivity index (χ0) is 12.5. The van der Waals surface area contributed by atoms with Crippen molar-refractivity contribution in [2.45, 2.75) is 6.18 Å². The fraction of sp³-hybridized carbons (Fsp3) is 0.111. The van der Waals surface area contributed by atoms with Crippen LogP contribution >= 0.6 is 11.6 Å². The van der Waals surface area contributed by atoms with Gasteiger partial charge in [-0.3, -0.25) is 9.97 Å². The third-order valence-corrected chi connectivity index (χ3v) is 1.97. The third kappa shape index (κ3) is 2.68. The molecule has 0 saturated carbocycles. The quantitative estimate of drug-likeness (QED) is 0.740. The van der Waals surface area contributed by atoms with Gasteiger partial charge in [-0.25, -0.2) is 9.97 Å². The first-order valence-corrected chi connectivity index (χ1v) is 4.73. The van der Waals surface area contributed by atoms with Gasteiger partial charge in [-0.1, -0.05) is 11.6 Å². The smallest absolute Gasteiger partial charge is 0.261 e. The Kier molecular flexibility index (Phi) is 2.93. The summed E-state index contributed by atoms with van der Waals surface area (Å²) >= 11 is 5.51. The number of hydrogen-bond acceptors (Lipinski definition) is 4. The summed E-state index contributed by atoms with van der Waals surface area (Å²) in [5.74, 6) is -1.30. The third-order valence-electron chi connectivity index (χ3n) is 1.77. The SMILES string of the molecule is FC(F)(F)c1nc(Cl)cc(-c2cnccn2)n1. The van der Waals surface area contributed by atoms with Gasteiger partial charge in [0.25, 0.3) is 0 Å². The van der Waals surface area contributed by atoms with E-state index in [9.17, 15) is 13.2 Å². The maximum Gasteiger partial charge on any atom is 0.451 e. The normalized spacial score (nSPS) is 11.5. The molecule has 0 aromatic carbocycles. The van der Waals surface area contributed by atoms with Crippen LogP contribution in [0.1, 0.15) is 5.82 Å². The molecule has 88 valence electrons. The number of alkyl halides is 3. The molecule has 0 radical (unpaired) electrons. The van der Waals surface area contributed by atoms with E-state index >= 15 is 0 Å². The first-order valence-electron chi connectivity index (χ1n) is 4.35. The predicted molar refractivity (Wildman–Crippen MR) is 53.1 cm³/mol. The Bertz CT molecular complexity index is 530. The lowest BCUT2D eigenvalue weighted by Gasteiger charge is -2.06. The van der Waals surface area contributed by atoms with E-state index in [0.717, 1.165) is 0 Å². The van der Waals surface area contributed by atoms with Crippen LogP contribution in [0.2, 0.25) is 5.15 Å². The van der Waals surface area contributed by atoms with Crippen molar-refractivity contribution in [3.8, 4) is 11.4 Å². The van der Waals surface area contributed by atoms with E-state index in [1.807, 2.05) is 0 Å². The molecule has 0 aliphatic heterocycles. The molecule has 2 aromatic rings. The van der Waals surface area contributed by atoms with Crippen molar-refractivity contribution >= 4 is 11.6 Å². The molecule has 2 aromatic heterocycles. The summed E-state index contributed by atoms with van der Waals surface area (Å²) < 4.78 is 37.3.